The molecule has 36 heavy (non-hydrogen) atoms. The minimum absolute atomic E-state index is 0.0398. The first-order valence-corrected chi connectivity index (χ1v) is 15.2. The van der Waals surface area contributed by atoms with Crippen molar-refractivity contribution in [2.45, 2.75) is 78.9 Å². The molecule has 2 aliphatic heterocycles. The van der Waals surface area contributed by atoms with Crippen molar-refractivity contribution in [2.24, 2.45) is 23.7 Å². The lowest BCUT2D eigenvalue weighted by Crippen LogP contribution is -2.47. The molecule has 2 heterocycles. The maximum atomic E-state index is 13.3. The molecular formula is C27H39NO6S2. The van der Waals surface area contributed by atoms with E-state index in [1.54, 1.807) is 54.5 Å². The minimum atomic E-state index is -0.927. The largest absolute Gasteiger partial charge is 0.456 e. The predicted molar refractivity (Wildman–Crippen MR) is 144 cm³/mol. The summed E-state index contributed by atoms with van der Waals surface area (Å²) in [5, 5.41) is 2.73. The van der Waals surface area contributed by atoms with Gasteiger partial charge in [0.15, 0.2) is 0 Å². The van der Waals surface area contributed by atoms with Crippen LogP contribution in [-0.2, 0) is 28.7 Å². The molecule has 1 amide bonds. The molecule has 0 unspecified atom stereocenters. The summed E-state index contributed by atoms with van der Waals surface area (Å²) < 4.78 is 5.73. The average Bonchev–Trinajstić information content (AvgIpc) is 2.81. The van der Waals surface area contributed by atoms with Crippen LogP contribution < -0.4 is 5.32 Å². The Balaban J connectivity index is 2.55. The summed E-state index contributed by atoms with van der Waals surface area (Å²) in [6.45, 7) is 9.07. The van der Waals surface area contributed by atoms with Crippen LogP contribution in [0.5, 0.6) is 0 Å². The molecule has 1 N–H and O–H groups in total. The molecule has 0 saturated carbocycles. The molecule has 0 aliphatic carbocycles. The number of ether oxygens (including phenoxy) is 1. The fraction of sp³-hybridized carbons (Fsp3) is 0.667. The molecule has 0 spiro atoms. The number of amides is 1. The molecule has 0 radical (unpaired) electrons. The number of nitrogens with one attached hydrogen (secondary N) is 1. The zero-order valence-electron chi connectivity index (χ0n) is 21.9. The Morgan fingerprint density at radius 3 is 2.33 bits per heavy atom. The van der Waals surface area contributed by atoms with Crippen molar-refractivity contribution in [2.75, 3.05) is 11.5 Å². The first-order valence-electron chi connectivity index (χ1n) is 12.7. The summed E-state index contributed by atoms with van der Waals surface area (Å²) in [5.41, 5.74) is 0.261. The number of esters is 1. The van der Waals surface area contributed by atoms with Gasteiger partial charge in [-0.3, -0.25) is 19.2 Å². The molecule has 2 bridgehead atoms. The van der Waals surface area contributed by atoms with Crippen LogP contribution in [0.2, 0.25) is 0 Å². The van der Waals surface area contributed by atoms with E-state index in [9.17, 15) is 24.0 Å². The maximum Gasteiger partial charge on any atom is 0.329 e. The second kappa shape index (κ2) is 14.8. The van der Waals surface area contributed by atoms with Gasteiger partial charge in [-0.15, -0.1) is 0 Å². The van der Waals surface area contributed by atoms with E-state index in [0.717, 1.165) is 5.75 Å². The fourth-order valence-electron chi connectivity index (χ4n) is 4.24. The number of fused-ring (bicyclic) bond motifs is 7. The van der Waals surface area contributed by atoms with Gasteiger partial charge in [0.05, 0.1) is 0 Å². The third-order valence-corrected chi connectivity index (χ3v) is 9.06. The fourth-order valence-corrected chi connectivity index (χ4v) is 6.57. The highest BCUT2D eigenvalue weighted by Crippen LogP contribution is 2.30. The lowest BCUT2D eigenvalue weighted by atomic mass is 9.81. The smallest absolute Gasteiger partial charge is 0.329 e. The standard InChI is InChI=1S/C27H39NO6S2/c1-6-18-11-23(30)19-12-24(31)22(16(2)3)14-20(29)13-21(9-7-8-10-35-36-15-19)34-27(33)25(17(4)5)28-26(18)32/h6-7,9,16-17,19,21-22,25H,8,10-15H2,1-5H3,(H,28,32)/b9-7+,18-6+/t19-,21+,22-,25+/m1/s1. The molecule has 0 aromatic carbocycles. The molecule has 2 rings (SSSR count). The van der Waals surface area contributed by atoms with E-state index in [-0.39, 0.29) is 60.4 Å². The second-order valence-electron chi connectivity index (χ2n) is 10.1. The highest BCUT2D eigenvalue weighted by atomic mass is 33.1. The van der Waals surface area contributed by atoms with Crippen LogP contribution >= 0.6 is 21.6 Å². The highest BCUT2D eigenvalue weighted by Gasteiger charge is 2.34. The lowest BCUT2D eigenvalue weighted by molar-refractivity contribution is -0.153. The molecule has 7 nitrogen and oxygen atoms in total. The Labute approximate surface area is 222 Å². The van der Waals surface area contributed by atoms with E-state index in [2.05, 4.69) is 5.32 Å². The van der Waals surface area contributed by atoms with Crippen molar-refractivity contribution in [3.63, 3.8) is 0 Å². The van der Waals surface area contributed by atoms with Gasteiger partial charge in [-0.1, -0.05) is 61.4 Å². The first kappa shape index (κ1) is 30.4. The first-order chi connectivity index (χ1) is 17.0. The van der Waals surface area contributed by atoms with Crippen molar-refractivity contribution in [3.05, 3.63) is 23.8 Å². The van der Waals surface area contributed by atoms with E-state index in [1.165, 1.54) is 0 Å². The SMILES string of the molecule is C/C=C1\CC(=O)[C@H]2CSSCC/C=C/[C@@H](CC(=O)C[C@H](C(C)C)C(=O)C2)OC(=O)[C@H](C(C)C)NC1=O. The number of carbonyl (C=O) groups is 5. The number of rotatable bonds is 2. The molecule has 0 aromatic rings. The number of allylic oxidation sites excluding steroid dienone is 2. The van der Waals surface area contributed by atoms with E-state index in [1.807, 2.05) is 19.9 Å². The molecule has 1 saturated heterocycles. The monoisotopic (exact) mass is 537 g/mol. The number of hydrogen-bond acceptors (Lipinski definition) is 8. The Kier molecular flexibility index (Phi) is 12.4. The van der Waals surface area contributed by atoms with E-state index in [4.69, 9.17) is 4.74 Å². The summed E-state index contributed by atoms with van der Waals surface area (Å²) >= 11 is 0. The van der Waals surface area contributed by atoms with E-state index in [0.29, 0.717) is 12.2 Å². The number of ketones is 3. The molecule has 2 aliphatic rings. The van der Waals surface area contributed by atoms with Gasteiger partial charge in [0.2, 0.25) is 5.91 Å². The second-order valence-corrected chi connectivity index (χ2v) is 12.7. The van der Waals surface area contributed by atoms with E-state index >= 15 is 0 Å². The maximum absolute atomic E-state index is 13.3. The van der Waals surface area contributed by atoms with Gasteiger partial charge in [-0.05, 0) is 31.3 Å². The topological polar surface area (TPSA) is 107 Å². The summed E-state index contributed by atoms with van der Waals surface area (Å²) in [7, 11) is 3.15. The molecular weight excluding hydrogens is 498 g/mol. The minimum Gasteiger partial charge on any atom is -0.456 e. The summed E-state index contributed by atoms with van der Waals surface area (Å²) in [6, 6.07) is -0.927. The van der Waals surface area contributed by atoms with Crippen molar-refractivity contribution in [1.82, 2.24) is 5.32 Å². The van der Waals surface area contributed by atoms with Crippen molar-refractivity contribution < 1.29 is 28.7 Å². The summed E-state index contributed by atoms with van der Waals surface area (Å²) in [4.78, 5) is 65.9. The summed E-state index contributed by atoms with van der Waals surface area (Å²) in [5.74, 6) is -1.78. The van der Waals surface area contributed by atoms with Gasteiger partial charge in [-0.25, -0.2) is 4.79 Å². The number of Topliss-reactive ketones (excluding diaryl/α,β-unsaturated/α-hetero) is 3. The Bertz CT molecular complexity index is 895. The van der Waals surface area contributed by atoms with Gasteiger partial charge in [0.1, 0.15) is 29.5 Å². The zero-order valence-corrected chi connectivity index (χ0v) is 23.5. The van der Waals surface area contributed by atoms with Gasteiger partial charge in [0, 0.05) is 54.6 Å². The van der Waals surface area contributed by atoms with Crippen LogP contribution in [0.25, 0.3) is 0 Å². The van der Waals surface area contributed by atoms with Crippen LogP contribution in [0.3, 0.4) is 0 Å². The van der Waals surface area contributed by atoms with Gasteiger partial charge < -0.3 is 10.1 Å². The Hall–Kier alpha value is -1.87. The lowest BCUT2D eigenvalue weighted by Gasteiger charge is -2.26. The molecule has 4 atom stereocenters. The Morgan fingerprint density at radius 2 is 1.69 bits per heavy atom. The number of hydrogen-bond donors (Lipinski definition) is 1. The molecule has 0 aromatic heterocycles. The van der Waals surface area contributed by atoms with Crippen LogP contribution in [0, 0.1) is 23.7 Å². The van der Waals surface area contributed by atoms with Crippen LogP contribution in [-0.4, -0.2) is 52.9 Å². The van der Waals surface area contributed by atoms with Crippen LogP contribution in [0.1, 0.15) is 66.7 Å². The van der Waals surface area contributed by atoms with Gasteiger partial charge >= 0.3 is 5.97 Å². The van der Waals surface area contributed by atoms with Gasteiger partial charge in [0.25, 0.3) is 0 Å². The van der Waals surface area contributed by atoms with Gasteiger partial charge in [-0.2, -0.15) is 0 Å². The van der Waals surface area contributed by atoms with Crippen molar-refractivity contribution >= 4 is 50.8 Å². The molecule has 200 valence electrons. The van der Waals surface area contributed by atoms with Crippen molar-refractivity contribution in [3.8, 4) is 0 Å². The third kappa shape index (κ3) is 9.21. The summed E-state index contributed by atoms with van der Waals surface area (Å²) in [6.07, 6.45) is 5.06. The quantitative estimate of drug-likeness (QED) is 0.238. The highest BCUT2D eigenvalue weighted by molar-refractivity contribution is 8.76. The van der Waals surface area contributed by atoms with Crippen molar-refractivity contribution in [1.29, 1.82) is 0 Å². The predicted octanol–water partition coefficient (Wildman–Crippen LogP) is 4.50. The third-order valence-electron chi connectivity index (χ3n) is 6.55. The normalized spacial score (nSPS) is 30.3. The van der Waals surface area contributed by atoms with Crippen LogP contribution in [0.15, 0.2) is 23.8 Å². The number of carbonyl (C=O) groups excluding carboxylic acids is 5. The zero-order chi connectivity index (χ0) is 26.8. The molecule has 9 heteroatoms. The molecule has 1 fully saturated rings. The Morgan fingerprint density at radius 1 is 0.972 bits per heavy atom. The average molecular weight is 538 g/mol. The van der Waals surface area contributed by atoms with E-state index < -0.39 is 35.9 Å². The van der Waals surface area contributed by atoms with Crippen LogP contribution in [0.4, 0.5) is 0 Å².